The Balaban J connectivity index is -0.000000295. The molecule has 0 aromatic carbocycles. The normalized spacial score (nSPS) is 8.08. The summed E-state index contributed by atoms with van der Waals surface area (Å²) in [6, 6.07) is 0. The number of methoxy groups -OCH3 is 1. The van der Waals surface area contributed by atoms with Gasteiger partial charge in [0.1, 0.15) is 4.60 Å². The van der Waals surface area contributed by atoms with E-state index in [0.29, 0.717) is 9.47 Å². The smallest absolute Gasteiger partial charge is 0.857 e. The largest absolute Gasteiger partial charge is 1.00 e. The molecule has 0 aliphatic carbocycles. The van der Waals surface area contributed by atoms with E-state index in [9.17, 15) is 8.78 Å². The Kier molecular flexibility index (Phi) is 21.7. The number of aliphatic hydroxyl groups is 1. The molecule has 0 aliphatic rings. The second-order valence-corrected chi connectivity index (χ2v) is 4.94. The van der Waals surface area contributed by atoms with Crippen molar-refractivity contribution in [2.75, 3.05) is 21.3 Å². The summed E-state index contributed by atoms with van der Waals surface area (Å²) >= 11 is 8.84. The zero-order valence-corrected chi connectivity index (χ0v) is 19.9. The SMILES string of the molecule is CO.COc1nc(Br)ncc1F.C[O-].Fc1cnc(Br)nc1Br.[Na+]. The minimum atomic E-state index is -0.564. The Hall–Kier alpha value is 0.180. The van der Waals surface area contributed by atoms with Crippen LogP contribution in [0.5, 0.6) is 5.88 Å². The summed E-state index contributed by atoms with van der Waals surface area (Å²) in [5.74, 6) is -1.08. The topological polar surface area (TPSA) is 104 Å². The predicted octanol–water partition coefficient (Wildman–Crippen LogP) is -0.884. The van der Waals surface area contributed by atoms with Crippen LogP contribution in [0.15, 0.2) is 26.5 Å². The molecule has 24 heavy (non-hydrogen) atoms. The molecule has 1 N–H and O–H groups in total. The molecule has 130 valence electrons. The van der Waals surface area contributed by atoms with Crippen molar-refractivity contribution in [3.8, 4) is 5.88 Å². The standard InChI is InChI=1S/C5H4BrFN2O.C4HBr2FN2.CH4O.CH3O.Na/c1-10-4-3(7)2-8-5(6)9-4;5-3-2(7)1-8-4(6)9-3;2*1-2;/h2H,1H3;1H;2H,1H3;1H3;/q;;;-1;+1. The summed E-state index contributed by atoms with van der Waals surface area (Å²) in [5.41, 5.74) is 0. The molecule has 7 nitrogen and oxygen atoms in total. The van der Waals surface area contributed by atoms with E-state index in [4.69, 9.17) is 10.2 Å². The fourth-order valence-electron chi connectivity index (χ4n) is 0.801. The van der Waals surface area contributed by atoms with Crippen molar-refractivity contribution in [2.45, 2.75) is 0 Å². The summed E-state index contributed by atoms with van der Waals surface area (Å²) in [5, 5.41) is 15.2. The molecule has 0 radical (unpaired) electrons. The van der Waals surface area contributed by atoms with E-state index in [0.717, 1.165) is 26.6 Å². The van der Waals surface area contributed by atoms with Gasteiger partial charge in [0.15, 0.2) is 15.3 Å². The van der Waals surface area contributed by atoms with E-state index in [1.54, 1.807) is 0 Å². The van der Waals surface area contributed by atoms with Gasteiger partial charge in [0, 0.05) is 7.11 Å². The molecule has 0 amide bonds. The van der Waals surface area contributed by atoms with Gasteiger partial charge >= 0.3 is 29.6 Å². The van der Waals surface area contributed by atoms with Crippen LogP contribution in [0.25, 0.3) is 0 Å². The fraction of sp³-hybridized carbons (Fsp3) is 0.273. The average molecular weight is 549 g/mol. The number of ether oxygens (including phenoxy) is 1. The number of halogens is 5. The van der Waals surface area contributed by atoms with E-state index in [1.807, 2.05) is 0 Å². The van der Waals surface area contributed by atoms with Gasteiger partial charge in [-0.2, -0.15) is 16.5 Å². The van der Waals surface area contributed by atoms with Gasteiger partial charge in [-0.1, -0.05) is 0 Å². The van der Waals surface area contributed by atoms with Crippen LogP contribution in [0.1, 0.15) is 0 Å². The van der Waals surface area contributed by atoms with E-state index >= 15 is 0 Å². The molecular formula is C11H12Br3F2N4NaO3. The summed E-state index contributed by atoms with van der Waals surface area (Å²) in [6.45, 7) is 0. The minimum Gasteiger partial charge on any atom is -0.857 e. The predicted molar refractivity (Wildman–Crippen MR) is 87.7 cm³/mol. The summed E-state index contributed by atoms with van der Waals surface area (Å²) < 4.78 is 30.2. The Morgan fingerprint density at radius 3 is 1.71 bits per heavy atom. The summed E-state index contributed by atoms with van der Waals surface area (Å²) in [6.07, 6.45) is 2.12. The maximum Gasteiger partial charge on any atom is 1.00 e. The molecule has 2 aromatic rings. The molecule has 2 heterocycles. The quantitative estimate of drug-likeness (QED) is 0.280. The zero-order valence-electron chi connectivity index (χ0n) is 13.1. The van der Waals surface area contributed by atoms with Gasteiger partial charge in [-0.05, 0) is 47.8 Å². The Bertz CT molecular complexity index is 588. The van der Waals surface area contributed by atoms with Crippen LogP contribution in [0.2, 0.25) is 0 Å². The third-order valence-corrected chi connectivity index (χ3v) is 2.87. The second-order valence-electron chi connectivity index (χ2n) is 2.77. The summed E-state index contributed by atoms with van der Waals surface area (Å²) in [7, 11) is 3.10. The molecule has 0 aliphatic heterocycles. The second kappa shape index (κ2) is 18.0. The van der Waals surface area contributed by atoms with Crippen molar-refractivity contribution in [3.63, 3.8) is 0 Å². The van der Waals surface area contributed by atoms with Crippen molar-refractivity contribution in [1.29, 1.82) is 0 Å². The number of aromatic nitrogens is 4. The first kappa shape index (κ1) is 29.0. The first-order valence-corrected chi connectivity index (χ1v) is 7.73. The molecule has 0 fully saturated rings. The number of hydrogen-bond donors (Lipinski definition) is 1. The van der Waals surface area contributed by atoms with Crippen LogP contribution < -0.4 is 39.4 Å². The van der Waals surface area contributed by atoms with Crippen molar-refractivity contribution >= 4 is 47.8 Å². The van der Waals surface area contributed by atoms with E-state index in [-0.39, 0.29) is 40.0 Å². The Morgan fingerprint density at radius 2 is 1.38 bits per heavy atom. The average Bonchev–Trinajstić information content (AvgIpc) is 2.58. The van der Waals surface area contributed by atoms with Crippen molar-refractivity contribution in [1.82, 2.24) is 19.9 Å². The van der Waals surface area contributed by atoms with Crippen LogP contribution in [-0.4, -0.2) is 46.4 Å². The van der Waals surface area contributed by atoms with E-state index in [1.165, 1.54) is 7.11 Å². The van der Waals surface area contributed by atoms with Crippen LogP contribution in [-0.2, 0) is 0 Å². The third-order valence-electron chi connectivity index (χ3n) is 1.55. The van der Waals surface area contributed by atoms with Crippen LogP contribution in [0, 0.1) is 11.6 Å². The number of aliphatic hydroxyl groups excluding tert-OH is 1. The van der Waals surface area contributed by atoms with Gasteiger partial charge < -0.3 is 14.9 Å². The minimum absolute atomic E-state index is 0. The Labute approximate surface area is 185 Å². The monoisotopic (exact) mass is 546 g/mol. The van der Waals surface area contributed by atoms with Gasteiger partial charge in [0.05, 0.1) is 19.5 Å². The zero-order chi connectivity index (χ0) is 18.4. The van der Waals surface area contributed by atoms with Gasteiger partial charge in [-0.15, -0.1) is 0 Å². The molecule has 0 atom stereocenters. The van der Waals surface area contributed by atoms with Crippen molar-refractivity contribution in [2.24, 2.45) is 0 Å². The van der Waals surface area contributed by atoms with E-state index < -0.39 is 11.6 Å². The maximum absolute atomic E-state index is 12.5. The maximum atomic E-state index is 12.5. The number of hydrogen-bond acceptors (Lipinski definition) is 7. The van der Waals surface area contributed by atoms with Crippen LogP contribution >= 0.6 is 47.8 Å². The first-order chi connectivity index (χ1) is 10.9. The molecular weight excluding hydrogens is 537 g/mol. The number of nitrogens with zero attached hydrogens (tertiary/aromatic N) is 4. The van der Waals surface area contributed by atoms with Gasteiger partial charge in [0.25, 0.3) is 5.88 Å². The van der Waals surface area contributed by atoms with Gasteiger partial charge in [0.2, 0.25) is 5.82 Å². The van der Waals surface area contributed by atoms with Crippen LogP contribution in [0.3, 0.4) is 0 Å². The van der Waals surface area contributed by atoms with Gasteiger partial charge in [-0.25, -0.2) is 19.3 Å². The molecule has 2 aromatic heterocycles. The number of rotatable bonds is 1. The molecule has 0 saturated carbocycles. The van der Waals surface area contributed by atoms with Crippen LogP contribution in [0.4, 0.5) is 8.78 Å². The molecule has 0 unspecified atom stereocenters. The molecule has 0 saturated heterocycles. The third kappa shape index (κ3) is 12.5. The fourth-order valence-corrected chi connectivity index (χ4v) is 1.85. The van der Waals surface area contributed by atoms with E-state index in [2.05, 4.69) is 72.5 Å². The summed E-state index contributed by atoms with van der Waals surface area (Å²) in [4.78, 5) is 14.3. The molecule has 2 rings (SSSR count). The molecule has 0 bridgehead atoms. The Morgan fingerprint density at radius 1 is 0.958 bits per heavy atom. The molecule has 13 heteroatoms. The van der Waals surface area contributed by atoms with Gasteiger partial charge in [-0.3, -0.25) is 0 Å². The molecule has 0 spiro atoms. The van der Waals surface area contributed by atoms with Crippen molar-refractivity contribution in [3.05, 3.63) is 38.1 Å². The van der Waals surface area contributed by atoms with Crippen molar-refractivity contribution < 1.29 is 53.3 Å². The first-order valence-electron chi connectivity index (χ1n) is 5.35.